The molecule has 0 radical (unpaired) electrons. The highest BCUT2D eigenvalue weighted by Crippen LogP contribution is 2.22. The summed E-state index contributed by atoms with van der Waals surface area (Å²) in [5.74, 6) is 0.390. The number of nitrogens with one attached hydrogen (secondary N) is 1. The van der Waals surface area contributed by atoms with Gasteiger partial charge in [-0.1, -0.05) is 23.7 Å². The summed E-state index contributed by atoms with van der Waals surface area (Å²) in [6.45, 7) is 2.47. The molecule has 4 heteroatoms. The van der Waals surface area contributed by atoms with Crippen molar-refractivity contribution in [1.29, 1.82) is 0 Å². The topological polar surface area (TPSA) is 34.4 Å². The van der Waals surface area contributed by atoms with Crippen LogP contribution in [0.15, 0.2) is 47.3 Å². The molecule has 0 aliphatic heterocycles. The van der Waals surface area contributed by atoms with Crippen molar-refractivity contribution in [3.63, 3.8) is 0 Å². The van der Waals surface area contributed by atoms with E-state index in [2.05, 4.69) is 17.4 Å². The highest BCUT2D eigenvalue weighted by molar-refractivity contribution is 6.30. The van der Waals surface area contributed by atoms with Gasteiger partial charge in [0.05, 0.1) is 19.1 Å². The Balaban J connectivity index is 2.00. The van der Waals surface area contributed by atoms with Crippen LogP contribution >= 0.6 is 11.6 Å². The Morgan fingerprint density at radius 1 is 1.25 bits per heavy atom. The van der Waals surface area contributed by atoms with E-state index < -0.39 is 0 Å². The van der Waals surface area contributed by atoms with Gasteiger partial charge in [0.2, 0.25) is 0 Å². The molecule has 0 amide bonds. The molecule has 1 aromatic carbocycles. The van der Waals surface area contributed by atoms with Gasteiger partial charge in [-0.3, -0.25) is 0 Å². The Bertz CT molecular complexity index is 482. The lowest BCUT2D eigenvalue weighted by atomic mass is 9.93. The first-order valence-electron chi connectivity index (χ1n) is 6.76. The Morgan fingerprint density at radius 2 is 2.05 bits per heavy atom. The van der Waals surface area contributed by atoms with E-state index in [9.17, 15) is 0 Å². The second-order valence-corrected chi connectivity index (χ2v) is 5.22. The molecule has 2 rings (SSSR count). The molecule has 2 aromatic rings. The van der Waals surface area contributed by atoms with E-state index in [1.807, 2.05) is 18.2 Å². The van der Waals surface area contributed by atoms with Crippen molar-refractivity contribution in [2.24, 2.45) is 0 Å². The molecule has 1 unspecified atom stereocenters. The van der Waals surface area contributed by atoms with Crippen LogP contribution in [0.25, 0.3) is 0 Å². The molecule has 1 atom stereocenters. The van der Waals surface area contributed by atoms with Gasteiger partial charge in [-0.15, -0.1) is 0 Å². The lowest BCUT2D eigenvalue weighted by Crippen LogP contribution is -2.26. The van der Waals surface area contributed by atoms with E-state index in [1.54, 1.807) is 19.6 Å². The van der Waals surface area contributed by atoms with E-state index >= 15 is 0 Å². The van der Waals surface area contributed by atoms with Gasteiger partial charge < -0.3 is 14.5 Å². The summed E-state index contributed by atoms with van der Waals surface area (Å²) in [5.41, 5.74) is 2.49. The Labute approximate surface area is 124 Å². The minimum atomic E-state index is 0.390. The summed E-state index contributed by atoms with van der Waals surface area (Å²) in [6, 6.07) is 10.1. The molecule has 0 saturated carbocycles. The average molecular weight is 294 g/mol. The van der Waals surface area contributed by atoms with Crippen molar-refractivity contribution < 1.29 is 9.15 Å². The summed E-state index contributed by atoms with van der Waals surface area (Å²) in [7, 11) is 1.71. The number of hydrogen-bond donors (Lipinski definition) is 1. The first-order valence-corrected chi connectivity index (χ1v) is 7.13. The van der Waals surface area contributed by atoms with E-state index in [1.165, 1.54) is 11.1 Å². The summed E-state index contributed by atoms with van der Waals surface area (Å²) in [6.07, 6.45) is 4.46. The van der Waals surface area contributed by atoms with Crippen molar-refractivity contribution >= 4 is 11.6 Å². The third-order valence-electron chi connectivity index (χ3n) is 3.28. The predicted octanol–water partition coefficient (Wildman–Crippen LogP) is 3.50. The highest BCUT2D eigenvalue weighted by Gasteiger charge is 2.13. The van der Waals surface area contributed by atoms with Crippen molar-refractivity contribution in [3.8, 4) is 0 Å². The predicted molar refractivity (Wildman–Crippen MR) is 81.4 cm³/mol. The largest absolute Gasteiger partial charge is 0.472 e. The molecule has 0 fully saturated rings. The van der Waals surface area contributed by atoms with Gasteiger partial charge in [0.25, 0.3) is 0 Å². The molecule has 108 valence electrons. The third kappa shape index (κ3) is 4.67. The first-order chi connectivity index (χ1) is 9.79. The SMILES string of the molecule is COCCNCC(Cc1ccoc1)c1ccc(Cl)cc1. The molecule has 0 aliphatic carbocycles. The number of rotatable bonds is 8. The zero-order valence-electron chi connectivity index (χ0n) is 11.6. The number of furan rings is 1. The molecular weight excluding hydrogens is 274 g/mol. The third-order valence-corrected chi connectivity index (χ3v) is 3.53. The monoisotopic (exact) mass is 293 g/mol. The zero-order valence-corrected chi connectivity index (χ0v) is 12.4. The van der Waals surface area contributed by atoms with Gasteiger partial charge in [0.15, 0.2) is 0 Å². The zero-order chi connectivity index (χ0) is 14.2. The van der Waals surface area contributed by atoms with Crippen LogP contribution in [-0.2, 0) is 11.2 Å². The molecule has 20 heavy (non-hydrogen) atoms. The van der Waals surface area contributed by atoms with Crippen LogP contribution in [0.1, 0.15) is 17.0 Å². The van der Waals surface area contributed by atoms with E-state index in [4.69, 9.17) is 20.8 Å². The molecular formula is C16H20ClNO2. The number of hydrogen-bond acceptors (Lipinski definition) is 3. The minimum Gasteiger partial charge on any atom is -0.472 e. The van der Waals surface area contributed by atoms with Crippen molar-refractivity contribution in [1.82, 2.24) is 5.32 Å². The molecule has 1 aromatic heterocycles. The molecule has 0 spiro atoms. The fourth-order valence-electron chi connectivity index (χ4n) is 2.19. The Kier molecular flexibility index (Phi) is 6.12. The van der Waals surface area contributed by atoms with Crippen LogP contribution in [0.2, 0.25) is 5.02 Å². The van der Waals surface area contributed by atoms with Crippen LogP contribution < -0.4 is 5.32 Å². The van der Waals surface area contributed by atoms with Crippen LogP contribution in [-0.4, -0.2) is 26.8 Å². The maximum atomic E-state index is 5.96. The summed E-state index contributed by atoms with van der Waals surface area (Å²) in [4.78, 5) is 0. The van der Waals surface area contributed by atoms with Gasteiger partial charge in [-0.05, 0) is 35.7 Å². The fraction of sp³-hybridized carbons (Fsp3) is 0.375. The Morgan fingerprint density at radius 3 is 2.70 bits per heavy atom. The van der Waals surface area contributed by atoms with Crippen LogP contribution in [0.4, 0.5) is 0 Å². The quantitative estimate of drug-likeness (QED) is 0.757. The lowest BCUT2D eigenvalue weighted by Gasteiger charge is -2.17. The van der Waals surface area contributed by atoms with Gasteiger partial charge in [-0.2, -0.15) is 0 Å². The van der Waals surface area contributed by atoms with Gasteiger partial charge in [-0.25, -0.2) is 0 Å². The normalized spacial score (nSPS) is 12.5. The smallest absolute Gasteiger partial charge is 0.0934 e. The second-order valence-electron chi connectivity index (χ2n) is 4.78. The van der Waals surface area contributed by atoms with Gasteiger partial charge >= 0.3 is 0 Å². The van der Waals surface area contributed by atoms with Crippen LogP contribution in [0.5, 0.6) is 0 Å². The van der Waals surface area contributed by atoms with Gasteiger partial charge in [0, 0.05) is 31.1 Å². The number of benzene rings is 1. The molecule has 3 nitrogen and oxygen atoms in total. The lowest BCUT2D eigenvalue weighted by molar-refractivity contribution is 0.199. The number of halogens is 1. The van der Waals surface area contributed by atoms with E-state index in [-0.39, 0.29) is 0 Å². The summed E-state index contributed by atoms with van der Waals surface area (Å²) >= 11 is 5.96. The van der Waals surface area contributed by atoms with Crippen molar-refractivity contribution in [2.75, 3.05) is 26.8 Å². The van der Waals surface area contributed by atoms with Crippen LogP contribution in [0, 0.1) is 0 Å². The van der Waals surface area contributed by atoms with E-state index in [0.717, 1.165) is 31.1 Å². The standard InChI is InChI=1S/C16H20ClNO2/c1-19-9-7-18-11-15(10-13-6-8-20-12-13)14-2-4-16(17)5-3-14/h2-6,8,12,15,18H,7,9-11H2,1H3. The molecule has 1 N–H and O–H groups in total. The summed E-state index contributed by atoms with van der Waals surface area (Å²) in [5, 5.41) is 4.19. The molecule has 1 heterocycles. The second kappa shape index (κ2) is 8.10. The number of methoxy groups -OCH3 is 1. The molecule has 0 bridgehead atoms. The van der Waals surface area contributed by atoms with Crippen molar-refractivity contribution in [2.45, 2.75) is 12.3 Å². The van der Waals surface area contributed by atoms with Gasteiger partial charge in [0.1, 0.15) is 0 Å². The minimum absolute atomic E-state index is 0.390. The fourth-order valence-corrected chi connectivity index (χ4v) is 2.31. The van der Waals surface area contributed by atoms with Crippen LogP contribution in [0.3, 0.4) is 0 Å². The first kappa shape index (κ1) is 15.1. The van der Waals surface area contributed by atoms with Crippen molar-refractivity contribution in [3.05, 3.63) is 59.0 Å². The Hall–Kier alpha value is -1.29. The molecule has 0 saturated heterocycles. The average Bonchev–Trinajstić information content (AvgIpc) is 2.96. The molecule has 0 aliphatic rings. The van der Waals surface area contributed by atoms with E-state index in [0.29, 0.717) is 5.92 Å². The maximum absolute atomic E-state index is 5.96. The summed E-state index contributed by atoms with van der Waals surface area (Å²) < 4.78 is 10.2. The number of ether oxygens (including phenoxy) is 1. The maximum Gasteiger partial charge on any atom is 0.0934 e. The highest BCUT2D eigenvalue weighted by atomic mass is 35.5.